The Morgan fingerprint density at radius 2 is 1.32 bits per heavy atom. The summed E-state index contributed by atoms with van der Waals surface area (Å²) in [5.41, 5.74) is 0.932. The lowest BCUT2D eigenvalue weighted by Gasteiger charge is -2.21. The molecule has 1 saturated carbocycles. The van der Waals surface area contributed by atoms with Gasteiger partial charge in [0.25, 0.3) is 17.7 Å². The number of nitrogens with one attached hydrogen (secondary N) is 3. The molecule has 146 valence electrons. The molecule has 28 heavy (non-hydrogen) atoms. The second kappa shape index (κ2) is 7.84. The van der Waals surface area contributed by atoms with E-state index in [4.69, 9.17) is 0 Å². The smallest absolute Gasteiger partial charge is 0.256 e. The van der Waals surface area contributed by atoms with Crippen molar-refractivity contribution in [2.45, 2.75) is 45.2 Å². The Labute approximate surface area is 164 Å². The number of hydrogen-bond acceptors (Lipinski definition) is 3. The van der Waals surface area contributed by atoms with E-state index in [1.807, 2.05) is 20.8 Å². The topological polar surface area (TPSA) is 87.3 Å². The van der Waals surface area contributed by atoms with E-state index in [0.717, 1.165) is 12.8 Å². The molecular formula is C22H25N3O3. The molecule has 1 aliphatic rings. The van der Waals surface area contributed by atoms with E-state index in [0.29, 0.717) is 11.3 Å². The first-order valence-electron chi connectivity index (χ1n) is 9.37. The van der Waals surface area contributed by atoms with Gasteiger partial charge in [0.05, 0.1) is 22.4 Å². The number of anilines is 1. The minimum absolute atomic E-state index is 0.211. The standard InChI is InChI=1S/C22H25N3O3/c1-22(2,3)25-21(28)16-9-5-4-8-15(16)19(26)24-18-11-7-6-10-17(18)20(27)23-14-12-13-14/h4-11,14H,12-13H2,1-3H3,(H,23,27)(H,24,26)(H,25,28). The average molecular weight is 379 g/mol. The van der Waals surface area contributed by atoms with E-state index in [-0.39, 0.29) is 29.0 Å². The second-order valence-corrected chi connectivity index (χ2v) is 8.00. The van der Waals surface area contributed by atoms with E-state index in [2.05, 4.69) is 16.0 Å². The zero-order valence-corrected chi connectivity index (χ0v) is 16.3. The van der Waals surface area contributed by atoms with Gasteiger partial charge in [0, 0.05) is 11.6 Å². The fourth-order valence-electron chi connectivity index (χ4n) is 2.76. The van der Waals surface area contributed by atoms with Crippen LogP contribution in [0.5, 0.6) is 0 Å². The van der Waals surface area contributed by atoms with Crippen LogP contribution in [0.25, 0.3) is 0 Å². The van der Waals surface area contributed by atoms with Crippen LogP contribution in [0, 0.1) is 0 Å². The van der Waals surface area contributed by atoms with Crippen molar-refractivity contribution in [3.63, 3.8) is 0 Å². The van der Waals surface area contributed by atoms with Gasteiger partial charge in [-0.3, -0.25) is 14.4 Å². The molecule has 0 heterocycles. The Kier molecular flexibility index (Phi) is 5.49. The summed E-state index contributed by atoms with van der Waals surface area (Å²) in [5, 5.41) is 8.57. The SMILES string of the molecule is CC(C)(C)NC(=O)c1ccccc1C(=O)Nc1ccccc1C(=O)NC1CC1. The molecule has 0 atom stereocenters. The summed E-state index contributed by atoms with van der Waals surface area (Å²) in [7, 11) is 0. The highest BCUT2D eigenvalue weighted by Gasteiger charge is 2.26. The molecule has 0 saturated heterocycles. The van der Waals surface area contributed by atoms with Crippen molar-refractivity contribution >= 4 is 23.4 Å². The monoisotopic (exact) mass is 379 g/mol. The van der Waals surface area contributed by atoms with E-state index < -0.39 is 11.4 Å². The highest BCUT2D eigenvalue weighted by Crippen LogP contribution is 2.22. The zero-order chi connectivity index (χ0) is 20.3. The molecule has 0 aromatic heterocycles. The van der Waals surface area contributed by atoms with Crippen molar-refractivity contribution in [3.8, 4) is 0 Å². The first-order chi connectivity index (χ1) is 13.2. The highest BCUT2D eigenvalue weighted by molar-refractivity contribution is 6.14. The van der Waals surface area contributed by atoms with Crippen LogP contribution < -0.4 is 16.0 Å². The second-order valence-electron chi connectivity index (χ2n) is 8.00. The number of benzene rings is 2. The van der Waals surface area contributed by atoms with E-state index in [1.165, 1.54) is 0 Å². The number of hydrogen-bond donors (Lipinski definition) is 3. The Balaban J connectivity index is 1.83. The molecular weight excluding hydrogens is 354 g/mol. The van der Waals surface area contributed by atoms with Crippen molar-refractivity contribution in [2.75, 3.05) is 5.32 Å². The molecule has 1 aliphatic carbocycles. The summed E-state index contributed by atoms with van der Waals surface area (Å²) >= 11 is 0. The first kappa shape index (κ1) is 19.6. The average Bonchev–Trinajstić information content (AvgIpc) is 3.44. The maximum absolute atomic E-state index is 12.9. The molecule has 6 nitrogen and oxygen atoms in total. The molecule has 0 radical (unpaired) electrons. The number of amides is 3. The largest absolute Gasteiger partial charge is 0.349 e. The third-order valence-electron chi connectivity index (χ3n) is 4.24. The first-order valence-corrected chi connectivity index (χ1v) is 9.37. The molecule has 3 amide bonds. The van der Waals surface area contributed by atoms with E-state index in [1.54, 1.807) is 48.5 Å². The quantitative estimate of drug-likeness (QED) is 0.744. The molecule has 6 heteroatoms. The van der Waals surface area contributed by atoms with Crippen molar-refractivity contribution in [1.82, 2.24) is 10.6 Å². The zero-order valence-electron chi connectivity index (χ0n) is 16.3. The Morgan fingerprint density at radius 1 is 0.786 bits per heavy atom. The molecule has 2 aromatic rings. The summed E-state index contributed by atoms with van der Waals surface area (Å²) in [6, 6.07) is 13.7. The van der Waals surface area contributed by atoms with E-state index in [9.17, 15) is 14.4 Å². The summed E-state index contributed by atoms with van der Waals surface area (Å²) in [6.07, 6.45) is 1.97. The normalized spacial score (nSPS) is 13.5. The molecule has 0 aliphatic heterocycles. The highest BCUT2D eigenvalue weighted by atomic mass is 16.2. The molecule has 2 aromatic carbocycles. The van der Waals surface area contributed by atoms with Crippen LogP contribution in [0.15, 0.2) is 48.5 Å². The molecule has 3 N–H and O–H groups in total. The van der Waals surface area contributed by atoms with Gasteiger partial charge in [0.15, 0.2) is 0 Å². The van der Waals surface area contributed by atoms with Gasteiger partial charge >= 0.3 is 0 Å². The molecule has 0 bridgehead atoms. The predicted molar refractivity (Wildman–Crippen MR) is 109 cm³/mol. The van der Waals surface area contributed by atoms with Crippen molar-refractivity contribution in [1.29, 1.82) is 0 Å². The summed E-state index contributed by atoms with van der Waals surface area (Å²) < 4.78 is 0. The van der Waals surface area contributed by atoms with Gasteiger partial charge in [-0.1, -0.05) is 24.3 Å². The lowest BCUT2D eigenvalue weighted by atomic mass is 10.0. The Hall–Kier alpha value is -3.15. The summed E-state index contributed by atoms with van der Waals surface area (Å²) in [6.45, 7) is 5.63. The van der Waals surface area contributed by atoms with Crippen LogP contribution in [0.3, 0.4) is 0 Å². The third-order valence-corrected chi connectivity index (χ3v) is 4.24. The van der Waals surface area contributed by atoms with Gasteiger partial charge < -0.3 is 16.0 Å². The Morgan fingerprint density at radius 3 is 1.89 bits per heavy atom. The van der Waals surface area contributed by atoms with Crippen molar-refractivity contribution in [3.05, 3.63) is 65.2 Å². The minimum Gasteiger partial charge on any atom is -0.349 e. The van der Waals surface area contributed by atoms with Crippen molar-refractivity contribution < 1.29 is 14.4 Å². The molecule has 3 rings (SSSR count). The summed E-state index contributed by atoms with van der Waals surface area (Å²) in [4.78, 5) is 37.9. The third kappa shape index (κ3) is 4.97. The van der Waals surface area contributed by atoms with Gasteiger partial charge in [-0.15, -0.1) is 0 Å². The van der Waals surface area contributed by atoms with E-state index >= 15 is 0 Å². The van der Waals surface area contributed by atoms with Gasteiger partial charge in [-0.25, -0.2) is 0 Å². The molecule has 0 spiro atoms. The number of rotatable bonds is 5. The number of carbonyl (C=O) groups excluding carboxylic acids is 3. The summed E-state index contributed by atoms with van der Waals surface area (Å²) in [5.74, 6) is -0.971. The lowest BCUT2D eigenvalue weighted by molar-refractivity contribution is 0.0907. The minimum atomic E-state index is -0.439. The van der Waals surface area contributed by atoms with Crippen LogP contribution in [0.2, 0.25) is 0 Å². The van der Waals surface area contributed by atoms with Crippen molar-refractivity contribution in [2.24, 2.45) is 0 Å². The molecule has 0 unspecified atom stereocenters. The maximum Gasteiger partial charge on any atom is 0.256 e. The van der Waals surface area contributed by atoms with Gasteiger partial charge in [0.1, 0.15) is 0 Å². The van der Waals surface area contributed by atoms with Crippen LogP contribution in [0.1, 0.15) is 64.7 Å². The van der Waals surface area contributed by atoms with Crippen LogP contribution in [-0.2, 0) is 0 Å². The van der Waals surface area contributed by atoms with Gasteiger partial charge in [0.2, 0.25) is 0 Å². The van der Waals surface area contributed by atoms with Gasteiger partial charge in [-0.05, 0) is 57.9 Å². The fourth-order valence-corrected chi connectivity index (χ4v) is 2.76. The van der Waals surface area contributed by atoms with Crippen LogP contribution in [0.4, 0.5) is 5.69 Å². The fraction of sp³-hybridized carbons (Fsp3) is 0.318. The Bertz CT molecular complexity index is 911. The van der Waals surface area contributed by atoms with Crippen LogP contribution >= 0.6 is 0 Å². The van der Waals surface area contributed by atoms with Gasteiger partial charge in [-0.2, -0.15) is 0 Å². The maximum atomic E-state index is 12.9. The molecule has 1 fully saturated rings. The number of para-hydroxylation sites is 1. The predicted octanol–water partition coefficient (Wildman–Crippen LogP) is 3.36. The lowest BCUT2D eigenvalue weighted by Crippen LogP contribution is -2.41. The van der Waals surface area contributed by atoms with Crippen LogP contribution in [-0.4, -0.2) is 29.3 Å². The number of carbonyl (C=O) groups is 3.